The molecule has 5 atom stereocenters. The van der Waals surface area contributed by atoms with Crippen LogP contribution in [0.2, 0.25) is 0 Å². The van der Waals surface area contributed by atoms with Crippen LogP contribution in [0, 0.1) is 11.8 Å². The standard InChI is InChI=1S/C27H31N4OS/c1-3-19-17-31-13-11-20(19)14-25(31)26(30-27(33)29-16-18-6-4-5-7-18)22-10-12-28-24-9-8-21(32-2)15-23(22)24/h3-10,12,15,19-20,25-26H,1,11,13-14,16-17H2,2H3,(H2,29,30,33)/q-1/t19?,20?,25?,26-/m0/s1. The Morgan fingerprint density at radius 1 is 1.39 bits per heavy atom. The maximum absolute atomic E-state index is 5.78. The number of methoxy groups -OCH3 is 1. The molecular formula is C27H31N4OS-. The van der Waals surface area contributed by atoms with Crippen LogP contribution >= 0.6 is 12.2 Å². The van der Waals surface area contributed by atoms with E-state index in [1.54, 1.807) is 7.11 Å². The Kier molecular flexibility index (Phi) is 6.38. The first-order valence-electron chi connectivity index (χ1n) is 11.7. The van der Waals surface area contributed by atoms with Gasteiger partial charge in [0.25, 0.3) is 0 Å². The van der Waals surface area contributed by atoms with Gasteiger partial charge in [0.2, 0.25) is 0 Å². The summed E-state index contributed by atoms with van der Waals surface area (Å²) in [7, 11) is 1.71. The van der Waals surface area contributed by atoms with Crippen molar-refractivity contribution >= 4 is 28.2 Å². The highest BCUT2D eigenvalue weighted by molar-refractivity contribution is 7.80. The number of nitrogens with one attached hydrogen (secondary N) is 2. The number of rotatable bonds is 7. The van der Waals surface area contributed by atoms with Crippen LogP contribution in [0.3, 0.4) is 0 Å². The first kappa shape index (κ1) is 22.0. The lowest BCUT2D eigenvalue weighted by atomic mass is 9.73. The van der Waals surface area contributed by atoms with Crippen LogP contribution < -0.4 is 15.4 Å². The highest BCUT2D eigenvalue weighted by atomic mass is 32.1. The SMILES string of the molecule is C=CC1CN2CCC1CC2[C@@H](NC(=S)NCc1ccc[cH-]1)c1ccnc2ccc(OC)cc12. The molecule has 33 heavy (non-hydrogen) atoms. The van der Waals surface area contributed by atoms with Crippen LogP contribution in [-0.2, 0) is 6.54 Å². The summed E-state index contributed by atoms with van der Waals surface area (Å²) in [6.45, 7) is 7.00. The summed E-state index contributed by atoms with van der Waals surface area (Å²) in [6.07, 6.45) is 6.43. The van der Waals surface area contributed by atoms with Gasteiger partial charge in [0, 0.05) is 30.7 Å². The van der Waals surface area contributed by atoms with Crippen molar-refractivity contribution in [3.63, 3.8) is 0 Å². The summed E-state index contributed by atoms with van der Waals surface area (Å²) >= 11 is 5.78. The van der Waals surface area contributed by atoms with E-state index < -0.39 is 0 Å². The minimum absolute atomic E-state index is 0.0517. The molecule has 6 rings (SSSR count). The van der Waals surface area contributed by atoms with Crippen LogP contribution in [-0.4, -0.2) is 41.2 Å². The number of thiocarbonyl (C=S) groups is 1. The molecule has 0 aliphatic carbocycles. The molecule has 2 N–H and O–H groups in total. The Morgan fingerprint density at radius 3 is 3.03 bits per heavy atom. The van der Waals surface area contributed by atoms with Gasteiger partial charge in [-0.3, -0.25) is 9.88 Å². The fourth-order valence-electron chi connectivity index (χ4n) is 5.56. The molecule has 2 aromatic carbocycles. The zero-order valence-corrected chi connectivity index (χ0v) is 19.9. The molecule has 4 unspecified atom stereocenters. The normalized spacial score (nSPS) is 24.9. The number of fused-ring (bicyclic) bond motifs is 4. The molecule has 0 amide bonds. The average molecular weight is 460 g/mol. The molecule has 4 heterocycles. The van der Waals surface area contributed by atoms with Crippen LogP contribution in [0.1, 0.15) is 30.0 Å². The molecule has 3 fully saturated rings. The van der Waals surface area contributed by atoms with Crippen molar-refractivity contribution in [3.8, 4) is 5.75 Å². The van der Waals surface area contributed by atoms with Crippen molar-refractivity contribution in [3.05, 3.63) is 78.5 Å². The molecule has 2 bridgehead atoms. The molecule has 0 spiro atoms. The van der Waals surface area contributed by atoms with E-state index in [9.17, 15) is 0 Å². The number of pyridine rings is 1. The second kappa shape index (κ2) is 9.57. The van der Waals surface area contributed by atoms with Crippen molar-refractivity contribution < 1.29 is 4.74 Å². The summed E-state index contributed by atoms with van der Waals surface area (Å²) in [5, 5.41) is 8.89. The van der Waals surface area contributed by atoms with Crippen LogP contribution in [0.4, 0.5) is 0 Å². The largest absolute Gasteiger partial charge is 0.497 e. The van der Waals surface area contributed by atoms with E-state index in [0.717, 1.165) is 36.2 Å². The maximum atomic E-state index is 5.78. The van der Waals surface area contributed by atoms with Gasteiger partial charge in [0.15, 0.2) is 5.11 Å². The summed E-state index contributed by atoms with van der Waals surface area (Å²) in [5.41, 5.74) is 3.41. The summed E-state index contributed by atoms with van der Waals surface area (Å²) in [5.74, 6) is 2.09. The Balaban J connectivity index is 1.47. The monoisotopic (exact) mass is 459 g/mol. The Labute approximate surface area is 201 Å². The minimum atomic E-state index is 0.0517. The lowest BCUT2D eigenvalue weighted by Crippen LogP contribution is -2.58. The Bertz CT molecular complexity index is 1130. The van der Waals surface area contributed by atoms with Crippen molar-refractivity contribution in [2.45, 2.75) is 31.5 Å². The number of hydrogen-bond donors (Lipinski definition) is 2. The number of hydrogen-bond acceptors (Lipinski definition) is 4. The van der Waals surface area contributed by atoms with E-state index in [4.69, 9.17) is 17.0 Å². The third-order valence-corrected chi connectivity index (χ3v) is 7.59. The van der Waals surface area contributed by atoms with Gasteiger partial charge in [-0.15, -0.1) is 12.1 Å². The highest BCUT2D eigenvalue weighted by Gasteiger charge is 2.43. The topological polar surface area (TPSA) is 49.4 Å². The van der Waals surface area contributed by atoms with E-state index in [1.165, 1.54) is 17.5 Å². The third-order valence-electron chi connectivity index (χ3n) is 7.33. The van der Waals surface area contributed by atoms with E-state index in [2.05, 4.69) is 69.6 Å². The number of benzene rings is 1. The molecule has 3 aromatic rings. The van der Waals surface area contributed by atoms with Crippen molar-refractivity contribution in [1.82, 2.24) is 20.5 Å². The highest BCUT2D eigenvalue weighted by Crippen LogP contribution is 2.42. The van der Waals surface area contributed by atoms with E-state index in [1.807, 2.05) is 18.3 Å². The lowest BCUT2D eigenvalue weighted by molar-refractivity contribution is 0.00429. The Morgan fingerprint density at radius 2 is 2.30 bits per heavy atom. The molecule has 3 aliphatic heterocycles. The first-order chi connectivity index (χ1) is 16.2. The Hall–Kier alpha value is -2.83. The number of ether oxygens (including phenoxy) is 1. The van der Waals surface area contributed by atoms with Gasteiger partial charge in [0.05, 0.1) is 18.7 Å². The molecule has 6 heteroatoms. The zero-order valence-electron chi connectivity index (χ0n) is 19.0. The molecule has 0 saturated carbocycles. The molecular weight excluding hydrogens is 428 g/mol. The van der Waals surface area contributed by atoms with Gasteiger partial charge in [-0.25, -0.2) is 12.1 Å². The van der Waals surface area contributed by atoms with E-state index in [-0.39, 0.29) is 6.04 Å². The van der Waals surface area contributed by atoms with E-state index in [0.29, 0.717) is 29.5 Å². The van der Waals surface area contributed by atoms with Gasteiger partial charge in [-0.1, -0.05) is 6.08 Å². The van der Waals surface area contributed by atoms with Crippen molar-refractivity contribution in [2.24, 2.45) is 11.8 Å². The maximum Gasteiger partial charge on any atom is 0.167 e. The van der Waals surface area contributed by atoms with Gasteiger partial charge < -0.3 is 15.4 Å². The first-order valence-corrected chi connectivity index (χ1v) is 12.1. The minimum Gasteiger partial charge on any atom is -0.497 e. The number of aromatic nitrogens is 1. The van der Waals surface area contributed by atoms with Crippen LogP contribution in [0.25, 0.3) is 10.9 Å². The second-order valence-corrected chi connectivity index (χ2v) is 9.54. The van der Waals surface area contributed by atoms with Crippen LogP contribution in [0.15, 0.2) is 67.4 Å². The summed E-state index contributed by atoms with van der Waals surface area (Å²) in [4.78, 5) is 7.23. The second-order valence-electron chi connectivity index (χ2n) is 9.13. The zero-order chi connectivity index (χ0) is 22.8. The third kappa shape index (κ3) is 4.50. The predicted octanol–water partition coefficient (Wildman–Crippen LogP) is 4.56. The van der Waals surface area contributed by atoms with E-state index >= 15 is 0 Å². The average Bonchev–Trinajstić information content (AvgIpc) is 3.39. The van der Waals surface area contributed by atoms with Gasteiger partial charge in [-0.2, -0.15) is 12.1 Å². The summed E-state index contributed by atoms with van der Waals surface area (Å²) in [6, 6.07) is 16.9. The smallest absolute Gasteiger partial charge is 0.167 e. The molecule has 1 aromatic heterocycles. The number of piperidine rings is 3. The fraction of sp³-hybridized carbons (Fsp3) is 0.370. The number of nitrogens with zero attached hydrogens (tertiary/aromatic N) is 2. The van der Waals surface area contributed by atoms with Gasteiger partial charge in [-0.05, 0) is 73.3 Å². The molecule has 3 aliphatic rings. The van der Waals surface area contributed by atoms with Gasteiger partial charge >= 0.3 is 0 Å². The molecule has 3 saturated heterocycles. The molecule has 5 nitrogen and oxygen atoms in total. The molecule has 172 valence electrons. The molecule has 0 radical (unpaired) electrons. The fourth-order valence-corrected chi connectivity index (χ4v) is 5.76. The van der Waals surface area contributed by atoms with Crippen molar-refractivity contribution in [1.29, 1.82) is 0 Å². The van der Waals surface area contributed by atoms with Crippen molar-refractivity contribution in [2.75, 3.05) is 20.2 Å². The lowest BCUT2D eigenvalue weighted by Gasteiger charge is -2.52. The van der Waals surface area contributed by atoms with Crippen LogP contribution in [0.5, 0.6) is 5.75 Å². The summed E-state index contributed by atoms with van der Waals surface area (Å²) < 4.78 is 5.53. The quantitative estimate of drug-likeness (QED) is 0.307. The predicted molar refractivity (Wildman–Crippen MR) is 137 cm³/mol. The van der Waals surface area contributed by atoms with Gasteiger partial charge in [0.1, 0.15) is 5.75 Å².